The van der Waals surface area contributed by atoms with Crippen LogP contribution >= 0.6 is 0 Å². The van der Waals surface area contributed by atoms with Crippen molar-refractivity contribution >= 4 is 8.32 Å². The molecule has 1 heterocycles. The molecule has 21 heavy (non-hydrogen) atoms. The first-order chi connectivity index (χ1) is 9.64. The fraction of sp³-hybridized carbons (Fsp3) is 0.882. The van der Waals surface area contributed by atoms with E-state index in [1.807, 2.05) is 6.08 Å². The lowest BCUT2D eigenvalue weighted by atomic mass is 9.79. The molecule has 1 saturated carbocycles. The zero-order valence-corrected chi connectivity index (χ0v) is 15.5. The van der Waals surface area contributed by atoms with Crippen molar-refractivity contribution in [3.63, 3.8) is 0 Å². The van der Waals surface area contributed by atoms with Crippen LogP contribution in [-0.2, 0) is 13.9 Å². The molecular formula is C17H32O3Si. The van der Waals surface area contributed by atoms with E-state index in [0.29, 0.717) is 13.2 Å². The predicted molar refractivity (Wildman–Crippen MR) is 88.9 cm³/mol. The van der Waals surface area contributed by atoms with E-state index < -0.39 is 14.1 Å². The topological polar surface area (TPSA) is 27.7 Å². The van der Waals surface area contributed by atoms with Gasteiger partial charge in [-0.25, -0.2) is 0 Å². The van der Waals surface area contributed by atoms with Crippen LogP contribution in [0.1, 0.15) is 52.9 Å². The van der Waals surface area contributed by atoms with Gasteiger partial charge in [-0.3, -0.25) is 0 Å². The van der Waals surface area contributed by atoms with Crippen LogP contribution in [-0.4, -0.2) is 32.9 Å². The van der Waals surface area contributed by atoms with E-state index in [9.17, 15) is 0 Å². The first-order valence-electron chi connectivity index (χ1n) is 8.23. The van der Waals surface area contributed by atoms with Crippen molar-refractivity contribution in [2.24, 2.45) is 0 Å². The van der Waals surface area contributed by atoms with Crippen LogP contribution in [0.5, 0.6) is 0 Å². The Bertz CT molecular complexity index is 380. The molecule has 0 amide bonds. The van der Waals surface area contributed by atoms with E-state index in [1.165, 1.54) is 0 Å². The minimum atomic E-state index is -1.83. The Hall–Kier alpha value is -0.163. The number of ether oxygens (including phenoxy) is 2. The summed E-state index contributed by atoms with van der Waals surface area (Å²) in [4.78, 5) is 0. The summed E-state index contributed by atoms with van der Waals surface area (Å²) in [5, 5.41) is 0.211. The van der Waals surface area contributed by atoms with Crippen LogP contribution in [0.3, 0.4) is 0 Å². The molecule has 3 nitrogen and oxygen atoms in total. The second-order valence-electron chi connectivity index (χ2n) is 8.18. The van der Waals surface area contributed by atoms with Crippen molar-refractivity contribution in [2.75, 3.05) is 13.2 Å². The molecular weight excluding hydrogens is 280 g/mol. The SMILES string of the molecule is C=CCC1(O[Si](C)(C)C(C)(C)C)CCCC2(C1)OCCO2. The van der Waals surface area contributed by atoms with Gasteiger partial charge < -0.3 is 13.9 Å². The maximum Gasteiger partial charge on any atom is 0.192 e. The zero-order valence-electron chi connectivity index (χ0n) is 14.5. The molecule has 0 aromatic carbocycles. The molecule has 0 aromatic heterocycles. The van der Waals surface area contributed by atoms with Crippen molar-refractivity contribution < 1.29 is 13.9 Å². The minimum Gasteiger partial charge on any atom is -0.411 e. The van der Waals surface area contributed by atoms with E-state index in [4.69, 9.17) is 13.9 Å². The van der Waals surface area contributed by atoms with Gasteiger partial charge in [0.1, 0.15) is 0 Å². The highest BCUT2D eigenvalue weighted by atomic mass is 28.4. The smallest absolute Gasteiger partial charge is 0.192 e. The van der Waals surface area contributed by atoms with Crippen molar-refractivity contribution in [3.8, 4) is 0 Å². The van der Waals surface area contributed by atoms with Gasteiger partial charge in [0.25, 0.3) is 0 Å². The van der Waals surface area contributed by atoms with E-state index in [0.717, 1.165) is 32.1 Å². The Morgan fingerprint density at radius 2 is 1.81 bits per heavy atom. The highest BCUT2D eigenvalue weighted by Crippen LogP contribution is 2.48. The molecule has 1 aliphatic heterocycles. The van der Waals surface area contributed by atoms with Gasteiger partial charge >= 0.3 is 0 Å². The molecule has 1 aliphatic carbocycles. The normalized spacial score (nSPS) is 29.8. The lowest BCUT2D eigenvalue weighted by Gasteiger charge is -2.50. The molecule has 1 unspecified atom stereocenters. The van der Waals surface area contributed by atoms with Crippen molar-refractivity contribution in [1.82, 2.24) is 0 Å². The van der Waals surface area contributed by atoms with Gasteiger partial charge in [-0.05, 0) is 37.4 Å². The van der Waals surface area contributed by atoms with Gasteiger partial charge in [-0.15, -0.1) is 6.58 Å². The van der Waals surface area contributed by atoms with Gasteiger partial charge in [0, 0.05) is 12.8 Å². The summed E-state index contributed by atoms with van der Waals surface area (Å²) in [5.41, 5.74) is -0.159. The highest BCUT2D eigenvalue weighted by molar-refractivity contribution is 6.74. The highest BCUT2D eigenvalue weighted by Gasteiger charge is 2.52. The second kappa shape index (κ2) is 5.80. The van der Waals surface area contributed by atoms with Crippen LogP contribution in [0.4, 0.5) is 0 Å². The number of hydrogen-bond acceptors (Lipinski definition) is 3. The number of rotatable bonds is 4. The molecule has 4 heteroatoms. The summed E-state index contributed by atoms with van der Waals surface area (Å²) in [7, 11) is -1.83. The van der Waals surface area contributed by atoms with Gasteiger partial charge in [0.05, 0.1) is 18.8 Å². The molecule has 0 N–H and O–H groups in total. The average molecular weight is 313 g/mol. The van der Waals surface area contributed by atoms with Crippen LogP contribution in [0.25, 0.3) is 0 Å². The monoisotopic (exact) mass is 312 g/mol. The Kier molecular flexibility index (Phi) is 4.75. The molecule has 122 valence electrons. The fourth-order valence-electron chi connectivity index (χ4n) is 3.35. The molecule has 0 radical (unpaired) electrons. The van der Waals surface area contributed by atoms with Crippen LogP contribution < -0.4 is 0 Å². The lowest BCUT2D eigenvalue weighted by Crippen LogP contribution is -2.55. The van der Waals surface area contributed by atoms with E-state index in [-0.39, 0.29) is 10.6 Å². The van der Waals surface area contributed by atoms with Gasteiger partial charge in [-0.1, -0.05) is 26.8 Å². The third kappa shape index (κ3) is 3.61. The third-order valence-corrected chi connectivity index (χ3v) is 9.95. The van der Waals surface area contributed by atoms with Crippen molar-refractivity contribution in [3.05, 3.63) is 12.7 Å². The maximum absolute atomic E-state index is 6.87. The molecule has 1 saturated heterocycles. The van der Waals surface area contributed by atoms with Crippen LogP contribution in [0.15, 0.2) is 12.7 Å². The Morgan fingerprint density at radius 3 is 2.33 bits per heavy atom. The zero-order chi connectivity index (χ0) is 15.8. The summed E-state index contributed by atoms with van der Waals surface area (Å²) in [6.45, 7) is 16.9. The quantitative estimate of drug-likeness (QED) is 0.559. The molecule has 1 atom stereocenters. The summed E-state index contributed by atoms with van der Waals surface area (Å²) in [6.07, 6.45) is 6.91. The van der Waals surface area contributed by atoms with Crippen LogP contribution in [0, 0.1) is 0 Å². The largest absolute Gasteiger partial charge is 0.411 e. The van der Waals surface area contributed by atoms with E-state index in [1.54, 1.807) is 0 Å². The number of hydrogen-bond donors (Lipinski definition) is 0. The standard InChI is InChI=1S/C17H32O3Si/c1-7-9-16(20-21(5,6)15(2,3)4)10-8-11-17(14-16)18-12-13-19-17/h7H,1,8-14H2,2-6H3. The summed E-state index contributed by atoms with van der Waals surface area (Å²) >= 11 is 0. The van der Waals surface area contributed by atoms with Crippen LogP contribution in [0.2, 0.25) is 18.1 Å². The van der Waals surface area contributed by atoms with E-state index >= 15 is 0 Å². The Morgan fingerprint density at radius 1 is 1.19 bits per heavy atom. The van der Waals surface area contributed by atoms with Crippen molar-refractivity contribution in [2.45, 2.75) is 82.4 Å². The molecule has 1 spiro atoms. The Labute approximate surface area is 131 Å². The average Bonchev–Trinajstić information content (AvgIpc) is 2.75. The third-order valence-electron chi connectivity index (χ3n) is 5.39. The van der Waals surface area contributed by atoms with Gasteiger partial charge in [0.2, 0.25) is 0 Å². The first kappa shape index (κ1) is 17.2. The second-order valence-corrected chi connectivity index (χ2v) is 12.9. The minimum absolute atomic E-state index is 0.159. The molecule has 2 rings (SSSR count). The summed E-state index contributed by atoms with van der Waals surface area (Å²) < 4.78 is 18.8. The summed E-state index contributed by atoms with van der Waals surface area (Å²) in [6, 6.07) is 0. The lowest BCUT2D eigenvalue weighted by molar-refractivity contribution is -0.213. The predicted octanol–water partition coefficient (Wildman–Crippen LogP) is 4.64. The Balaban J connectivity index is 2.22. The molecule has 0 bridgehead atoms. The molecule has 0 aromatic rings. The molecule has 2 fully saturated rings. The summed E-state index contributed by atoms with van der Waals surface area (Å²) in [5.74, 6) is -0.399. The fourth-order valence-corrected chi connectivity index (χ4v) is 5.00. The maximum atomic E-state index is 6.87. The van der Waals surface area contributed by atoms with Gasteiger partial charge in [-0.2, -0.15) is 0 Å². The first-order valence-corrected chi connectivity index (χ1v) is 11.1. The van der Waals surface area contributed by atoms with E-state index in [2.05, 4.69) is 40.4 Å². The molecule has 2 aliphatic rings. The van der Waals surface area contributed by atoms with Gasteiger partial charge in [0.15, 0.2) is 14.1 Å². The van der Waals surface area contributed by atoms with Crippen molar-refractivity contribution in [1.29, 1.82) is 0 Å².